The van der Waals surface area contributed by atoms with E-state index < -0.39 is 0 Å². The van der Waals surface area contributed by atoms with Gasteiger partial charge in [-0.25, -0.2) is 9.97 Å². The van der Waals surface area contributed by atoms with Crippen molar-refractivity contribution in [3.05, 3.63) is 376 Å². The summed E-state index contributed by atoms with van der Waals surface area (Å²) in [6.07, 6.45) is 0. The molecule has 0 saturated carbocycles. The third-order valence-electron chi connectivity index (χ3n) is 22.4. The van der Waals surface area contributed by atoms with Crippen molar-refractivity contribution >= 4 is 150 Å². The molecular formula is C102H62N10S2. The molecule has 0 aliphatic carbocycles. The van der Waals surface area contributed by atoms with E-state index in [0.717, 1.165) is 105 Å². The van der Waals surface area contributed by atoms with Crippen LogP contribution in [0.2, 0.25) is 0 Å². The van der Waals surface area contributed by atoms with E-state index in [2.05, 4.69) is 394 Å². The number of thiophene rings is 2. The molecule has 0 fully saturated rings. The highest BCUT2D eigenvalue weighted by molar-refractivity contribution is 7.26. The van der Waals surface area contributed by atoms with Crippen molar-refractivity contribution in [2.24, 2.45) is 0 Å². The zero-order chi connectivity index (χ0) is 74.9. The van der Waals surface area contributed by atoms with Gasteiger partial charge in [-0.3, -0.25) is 9.13 Å². The maximum Gasteiger partial charge on any atom is 0.238 e. The molecule has 8 heterocycles. The zero-order valence-electron chi connectivity index (χ0n) is 61.1. The van der Waals surface area contributed by atoms with Gasteiger partial charge in [0.25, 0.3) is 0 Å². The Hall–Kier alpha value is -14.8. The molecule has 0 spiro atoms. The molecule has 0 saturated heterocycles. The van der Waals surface area contributed by atoms with Crippen molar-refractivity contribution < 1.29 is 0 Å². The SMILES string of the molecule is c1ccc(-c2ccc3c(c2)c2ccccc2n3-c2nc(-c3ccc4c(c3)sc3ccccc34)nc(-c3ccc4c(c3)c3ccccc3n4-c3ccccc3)n2)cc1.c1ccc(-c2ccc3c(c2)c2ccccc2n3-c2nc(-c3ccc4c(c3)sc3ccccc34)nc(-c3ccc4c5ccccc5n(-c5ccccc5)c4c3)n2)cc1. The van der Waals surface area contributed by atoms with E-state index in [4.69, 9.17) is 29.9 Å². The molecule has 0 aliphatic rings. The second-order valence-electron chi connectivity index (χ2n) is 28.9. The summed E-state index contributed by atoms with van der Waals surface area (Å²) in [5, 5.41) is 14.3. The summed E-state index contributed by atoms with van der Waals surface area (Å²) < 4.78 is 14.0. The second-order valence-corrected chi connectivity index (χ2v) is 31.1. The van der Waals surface area contributed by atoms with E-state index in [1.165, 1.54) is 78.8 Å². The van der Waals surface area contributed by atoms with Gasteiger partial charge in [0.15, 0.2) is 23.3 Å². The van der Waals surface area contributed by atoms with E-state index in [1.54, 1.807) is 22.7 Å². The topological polar surface area (TPSA) is 97.1 Å². The van der Waals surface area contributed by atoms with Gasteiger partial charge in [0, 0.05) is 117 Å². The second kappa shape index (κ2) is 26.5. The summed E-state index contributed by atoms with van der Waals surface area (Å²) in [6.45, 7) is 0. The van der Waals surface area contributed by atoms with Crippen LogP contribution >= 0.6 is 22.7 Å². The lowest BCUT2D eigenvalue weighted by Crippen LogP contribution is -2.06. The Kier molecular flexibility index (Phi) is 15.1. The van der Waals surface area contributed by atoms with Gasteiger partial charge in [0.2, 0.25) is 11.9 Å². The highest BCUT2D eigenvalue weighted by atomic mass is 32.1. The van der Waals surface area contributed by atoms with Gasteiger partial charge in [0.1, 0.15) is 0 Å². The molecule has 532 valence electrons. The van der Waals surface area contributed by atoms with Crippen LogP contribution in [0.1, 0.15) is 0 Å². The number of nitrogens with zero attached hydrogens (tertiary/aromatic N) is 10. The lowest BCUT2D eigenvalue weighted by Gasteiger charge is -2.12. The molecule has 0 N–H and O–H groups in total. The number of hydrogen-bond donors (Lipinski definition) is 0. The van der Waals surface area contributed by atoms with Crippen LogP contribution < -0.4 is 0 Å². The highest BCUT2D eigenvalue weighted by Crippen LogP contribution is 2.44. The molecule has 8 aromatic heterocycles. The smallest absolute Gasteiger partial charge is 0.238 e. The predicted octanol–water partition coefficient (Wildman–Crippen LogP) is 26.9. The van der Waals surface area contributed by atoms with Crippen LogP contribution in [0.4, 0.5) is 0 Å². The van der Waals surface area contributed by atoms with Crippen molar-refractivity contribution in [3.8, 4) is 91.1 Å². The summed E-state index contributed by atoms with van der Waals surface area (Å²) in [5.74, 6) is 3.66. The average molecular weight is 1490 g/mol. The van der Waals surface area contributed by atoms with Crippen molar-refractivity contribution in [2.75, 3.05) is 0 Å². The van der Waals surface area contributed by atoms with Crippen LogP contribution in [0.3, 0.4) is 0 Å². The minimum absolute atomic E-state index is 0.578. The van der Waals surface area contributed by atoms with Crippen molar-refractivity contribution in [1.29, 1.82) is 0 Å². The Morgan fingerprint density at radius 1 is 0.158 bits per heavy atom. The number of aromatic nitrogens is 10. The van der Waals surface area contributed by atoms with Gasteiger partial charge < -0.3 is 9.13 Å². The number of para-hydroxylation sites is 6. The van der Waals surface area contributed by atoms with E-state index in [0.29, 0.717) is 35.2 Å². The molecule has 24 rings (SSSR count). The van der Waals surface area contributed by atoms with Crippen LogP contribution in [0.25, 0.3) is 219 Å². The summed E-state index contributed by atoms with van der Waals surface area (Å²) in [5.41, 5.74) is 19.4. The van der Waals surface area contributed by atoms with Gasteiger partial charge in [-0.05, 0) is 144 Å². The average Bonchev–Trinajstić information content (AvgIpc) is 1.07. The van der Waals surface area contributed by atoms with Gasteiger partial charge in [-0.2, -0.15) is 19.9 Å². The predicted molar refractivity (Wildman–Crippen MR) is 475 cm³/mol. The third-order valence-corrected chi connectivity index (χ3v) is 24.6. The van der Waals surface area contributed by atoms with Crippen LogP contribution in [0.5, 0.6) is 0 Å². The molecule has 0 amide bonds. The normalized spacial score (nSPS) is 11.9. The summed E-state index contributed by atoms with van der Waals surface area (Å²) in [7, 11) is 0. The maximum absolute atomic E-state index is 5.35. The molecular weight excluding hydrogens is 1430 g/mol. The minimum Gasteiger partial charge on any atom is -0.309 e. The Labute approximate surface area is 661 Å². The molecule has 10 nitrogen and oxygen atoms in total. The molecule has 0 radical (unpaired) electrons. The first-order chi connectivity index (χ1) is 56.5. The molecule has 12 heteroatoms. The molecule has 0 bridgehead atoms. The largest absolute Gasteiger partial charge is 0.309 e. The van der Waals surface area contributed by atoms with Gasteiger partial charge >= 0.3 is 0 Å². The minimum atomic E-state index is 0.578. The number of benzene rings is 16. The first-order valence-electron chi connectivity index (χ1n) is 38.2. The summed E-state index contributed by atoms with van der Waals surface area (Å²) >= 11 is 3.60. The molecule has 0 aliphatic heterocycles. The van der Waals surface area contributed by atoms with E-state index in [9.17, 15) is 0 Å². The van der Waals surface area contributed by atoms with Crippen LogP contribution in [0.15, 0.2) is 376 Å². The first-order valence-corrected chi connectivity index (χ1v) is 39.9. The fourth-order valence-electron chi connectivity index (χ4n) is 17.1. The van der Waals surface area contributed by atoms with Crippen molar-refractivity contribution in [2.45, 2.75) is 0 Å². The number of fused-ring (bicyclic) bond motifs is 18. The monoisotopic (exact) mass is 1490 g/mol. The fourth-order valence-corrected chi connectivity index (χ4v) is 19.4. The molecule has 16 aromatic carbocycles. The van der Waals surface area contributed by atoms with Gasteiger partial charge in [0.05, 0.1) is 44.1 Å². The van der Waals surface area contributed by atoms with E-state index >= 15 is 0 Å². The molecule has 0 unspecified atom stereocenters. The Morgan fingerprint density at radius 3 is 0.860 bits per heavy atom. The summed E-state index contributed by atoms with van der Waals surface area (Å²) in [4.78, 5) is 31.9. The fraction of sp³-hybridized carbons (Fsp3) is 0. The van der Waals surface area contributed by atoms with E-state index in [-0.39, 0.29) is 0 Å². The lowest BCUT2D eigenvalue weighted by atomic mass is 10.0. The third kappa shape index (κ3) is 10.8. The Morgan fingerprint density at radius 2 is 0.430 bits per heavy atom. The van der Waals surface area contributed by atoms with Gasteiger partial charge in [-0.1, -0.05) is 255 Å². The molecule has 114 heavy (non-hydrogen) atoms. The number of rotatable bonds is 10. The molecule has 24 aromatic rings. The van der Waals surface area contributed by atoms with Crippen LogP contribution in [-0.4, -0.2) is 48.2 Å². The Bertz CT molecular complexity index is 7990. The van der Waals surface area contributed by atoms with Crippen molar-refractivity contribution in [1.82, 2.24) is 48.2 Å². The Balaban J connectivity index is 0.000000135. The molecule has 0 atom stereocenters. The standard InChI is InChI=1S/2C51H31N5S/c1-3-13-32(14-4-1)33-25-28-45-42(29-33)38-18-8-11-21-44(38)56(45)51-53-49(52-50(54-51)35-24-27-41-40-19-9-12-22-47(40)57-48(41)31-35)34-23-26-39-37-17-7-10-20-43(37)55(46(39)30-34)36-15-5-2-6-16-36;1-3-13-32(14-4-1)33-24-27-46-41(29-33)38-18-8-11-21-44(38)56(46)51-53-49(52-50(54-51)35-23-26-40-39-19-9-12-22-47(39)57-48(40)31-35)34-25-28-45-42(30-34)37-17-7-10-20-43(37)55(45)36-15-5-2-6-16-36/h2*1-31H. The lowest BCUT2D eigenvalue weighted by molar-refractivity contribution is 0.953. The quantitative estimate of drug-likeness (QED) is 0.135. The summed E-state index contributed by atoms with van der Waals surface area (Å²) in [6, 6.07) is 133. The van der Waals surface area contributed by atoms with Crippen molar-refractivity contribution in [3.63, 3.8) is 0 Å². The maximum atomic E-state index is 5.35. The van der Waals surface area contributed by atoms with Crippen LogP contribution in [0, 0.1) is 0 Å². The number of hydrogen-bond acceptors (Lipinski definition) is 8. The van der Waals surface area contributed by atoms with Gasteiger partial charge in [-0.15, -0.1) is 22.7 Å². The highest BCUT2D eigenvalue weighted by Gasteiger charge is 2.25. The zero-order valence-corrected chi connectivity index (χ0v) is 62.7. The van der Waals surface area contributed by atoms with Crippen LogP contribution in [-0.2, 0) is 0 Å². The van der Waals surface area contributed by atoms with E-state index in [1.807, 2.05) is 0 Å². The first kappa shape index (κ1) is 65.1.